The Balaban J connectivity index is 2.29. The van der Waals surface area contributed by atoms with E-state index >= 15 is 0 Å². The van der Waals surface area contributed by atoms with Gasteiger partial charge in [0.15, 0.2) is 6.10 Å². The smallest absolute Gasteiger partial charge is 0.345 e. The number of methoxy groups -OCH3 is 1. The molecule has 0 bridgehead atoms. The lowest BCUT2D eigenvalue weighted by atomic mass is 9.86. The van der Waals surface area contributed by atoms with Gasteiger partial charge in [0.25, 0.3) is 0 Å². The zero-order chi connectivity index (χ0) is 17.7. The van der Waals surface area contributed by atoms with Gasteiger partial charge in [-0.2, -0.15) is 0 Å². The molecule has 0 saturated heterocycles. The number of hydrogen-bond donors (Lipinski definition) is 1. The lowest BCUT2D eigenvalue weighted by molar-refractivity contribution is -0.145. The van der Waals surface area contributed by atoms with E-state index in [-0.39, 0.29) is 11.8 Å². The Hall–Kier alpha value is -2.49. The van der Waals surface area contributed by atoms with Crippen molar-refractivity contribution in [3.63, 3.8) is 0 Å². The van der Waals surface area contributed by atoms with Crippen molar-refractivity contribution in [2.24, 2.45) is 0 Å². The molecule has 2 aromatic carbocycles. The molecule has 128 valence electrons. The molecule has 2 aromatic rings. The van der Waals surface area contributed by atoms with E-state index in [0.717, 1.165) is 11.1 Å². The van der Waals surface area contributed by atoms with Crippen molar-refractivity contribution in [1.29, 1.82) is 0 Å². The molecule has 24 heavy (non-hydrogen) atoms. The van der Waals surface area contributed by atoms with Crippen LogP contribution >= 0.6 is 0 Å². The fourth-order valence-corrected chi connectivity index (χ4v) is 2.59. The molecular formula is C20H24O4. The third-order valence-corrected chi connectivity index (χ3v) is 3.84. The molecule has 2 rings (SSSR count). The first-order valence-electron chi connectivity index (χ1n) is 7.94. The zero-order valence-corrected chi connectivity index (χ0v) is 14.6. The highest BCUT2D eigenvalue weighted by molar-refractivity contribution is 5.73. The highest BCUT2D eigenvalue weighted by atomic mass is 16.5. The summed E-state index contributed by atoms with van der Waals surface area (Å²) < 4.78 is 11.2. The molecule has 0 unspecified atom stereocenters. The Morgan fingerprint density at radius 3 is 2.21 bits per heavy atom. The van der Waals surface area contributed by atoms with Crippen molar-refractivity contribution in [2.45, 2.75) is 38.7 Å². The highest BCUT2D eigenvalue weighted by Gasteiger charge is 2.25. The molecule has 0 aromatic heterocycles. The Morgan fingerprint density at radius 2 is 1.62 bits per heavy atom. The zero-order valence-electron chi connectivity index (χ0n) is 14.6. The number of carboxylic acids is 1. The fraction of sp³-hybridized carbons (Fsp3) is 0.350. The number of benzene rings is 2. The number of para-hydroxylation sites is 2. The van der Waals surface area contributed by atoms with Crippen LogP contribution in [0.15, 0.2) is 48.5 Å². The van der Waals surface area contributed by atoms with E-state index in [4.69, 9.17) is 9.47 Å². The van der Waals surface area contributed by atoms with Gasteiger partial charge in [-0.3, -0.25) is 0 Å². The summed E-state index contributed by atoms with van der Waals surface area (Å²) in [5.74, 6) is 0.272. The molecule has 0 saturated carbocycles. The molecule has 1 N–H and O–H groups in total. The Labute approximate surface area is 143 Å². The van der Waals surface area contributed by atoms with Crippen molar-refractivity contribution >= 4 is 5.97 Å². The Kier molecular flexibility index (Phi) is 5.50. The van der Waals surface area contributed by atoms with Crippen molar-refractivity contribution in [2.75, 3.05) is 7.11 Å². The normalized spacial score (nSPS) is 12.5. The standard InChI is InChI=1S/C20H24O4/c1-20(2,3)15-10-6-8-12-17(15)24-18(19(21)22)13-14-9-5-7-11-16(14)23-4/h5-12,18H,13H2,1-4H3,(H,21,22)/t18-/m0/s1. The van der Waals surface area contributed by atoms with E-state index < -0.39 is 12.1 Å². The summed E-state index contributed by atoms with van der Waals surface area (Å²) in [5.41, 5.74) is 1.65. The number of rotatable bonds is 6. The number of ether oxygens (including phenoxy) is 2. The van der Waals surface area contributed by atoms with Crippen LogP contribution in [0.2, 0.25) is 0 Å². The number of carbonyl (C=O) groups is 1. The van der Waals surface area contributed by atoms with Crippen molar-refractivity contribution < 1.29 is 19.4 Å². The predicted molar refractivity (Wildman–Crippen MR) is 93.9 cm³/mol. The first-order valence-corrected chi connectivity index (χ1v) is 7.94. The third-order valence-electron chi connectivity index (χ3n) is 3.84. The van der Waals surface area contributed by atoms with E-state index in [1.54, 1.807) is 7.11 Å². The van der Waals surface area contributed by atoms with Crippen molar-refractivity contribution in [3.8, 4) is 11.5 Å². The molecule has 0 heterocycles. The molecule has 0 aliphatic carbocycles. The van der Waals surface area contributed by atoms with E-state index in [1.807, 2.05) is 48.5 Å². The maximum absolute atomic E-state index is 11.7. The van der Waals surface area contributed by atoms with Gasteiger partial charge >= 0.3 is 5.97 Å². The lowest BCUT2D eigenvalue weighted by Gasteiger charge is -2.25. The van der Waals surface area contributed by atoms with Gasteiger partial charge in [0.2, 0.25) is 0 Å². The second-order valence-corrected chi connectivity index (χ2v) is 6.71. The van der Waals surface area contributed by atoms with Gasteiger partial charge in [0, 0.05) is 6.42 Å². The summed E-state index contributed by atoms with van der Waals surface area (Å²) in [5, 5.41) is 9.59. The molecule has 0 fully saturated rings. The number of carboxylic acid groups (broad SMARTS) is 1. The third kappa shape index (κ3) is 4.28. The summed E-state index contributed by atoms with van der Waals surface area (Å²) in [7, 11) is 1.57. The van der Waals surface area contributed by atoms with E-state index in [9.17, 15) is 9.90 Å². The molecular weight excluding hydrogens is 304 g/mol. The summed E-state index contributed by atoms with van der Waals surface area (Å²) in [4.78, 5) is 11.7. The molecule has 0 aliphatic rings. The van der Waals surface area contributed by atoms with Gasteiger partial charge in [-0.05, 0) is 28.7 Å². The summed E-state index contributed by atoms with van der Waals surface area (Å²) in [6, 6.07) is 15.0. The fourth-order valence-electron chi connectivity index (χ4n) is 2.59. The van der Waals surface area contributed by atoms with E-state index in [2.05, 4.69) is 20.8 Å². The molecule has 4 heteroatoms. The van der Waals surface area contributed by atoms with Gasteiger partial charge in [-0.25, -0.2) is 4.79 Å². The van der Waals surface area contributed by atoms with Gasteiger partial charge in [-0.1, -0.05) is 57.2 Å². The van der Waals surface area contributed by atoms with Crippen LogP contribution in [0.25, 0.3) is 0 Å². The minimum absolute atomic E-state index is 0.135. The van der Waals surface area contributed by atoms with E-state index in [0.29, 0.717) is 11.5 Å². The Bertz CT molecular complexity index is 701. The van der Waals surface area contributed by atoms with E-state index in [1.165, 1.54) is 0 Å². The van der Waals surface area contributed by atoms with Crippen LogP contribution in [0.1, 0.15) is 31.9 Å². The van der Waals surface area contributed by atoms with Crippen LogP contribution in [0.4, 0.5) is 0 Å². The largest absolute Gasteiger partial charge is 0.496 e. The molecule has 0 amide bonds. The van der Waals surface area contributed by atoms with Crippen LogP contribution in [0, 0.1) is 0 Å². The second-order valence-electron chi connectivity index (χ2n) is 6.71. The number of hydrogen-bond acceptors (Lipinski definition) is 3. The topological polar surface area (TPSA) is 55.8 Å². The maximum Gasteiger partial charge on any atom is 0.345 e. The number of aliphatic carboxylic acids is 1. The highest BCUT2D eigenvalue weighted by Crippen LogP contribution is 2.32. The minimum atomic E-state index is -0.996. The monoisotopic (exact) mass is 328 g/mol. The van der Waals surface area contributed by atoms with Crippen molar-refractivity contribution in [1.82, 2.24) is 0 Å². The SMILES string of the molecule is COc1ccccc1C[C@H](Oc1ccccc1C(C)(C)C)C(=O)O. The second kappa shape index (κ2) is 7.39. The average Bonchev–Trinajstić information content (AvgIpc) is 2.54. The van der Waals surface area contributed by atoms with Gasteiger partial charge in [-0.15, -0.1) is 0 Å². The Morgan fingerprint density at radius 1 is 1.04 bits per heavy atom. The first-order chi connectivity index (χ1) is 11.3. The molecule has 0 aliphatic heterocycles. The quantitative estimate of drug-likeness (QED) is 0.868. The molecule has 0 radical (unpaired) electrons. The van der Waals surface area contributed by atoms with Crippen LogP contribution < -0.4 is 9.47 Å². The molecule has 1 atom stereocenters. The van der Waals surface area contributed by atoms with Crippen LogP contribution in [-0.4, -0.2) is 24.3 Å². The predicted octanol–water partition coefficient (Wildman–Crippen LogP) is 4.07. The lowest BCUT2D eigenvalue weighted by Crippen LogP contribution is -2.30. The summed E-state index contributed by atoms with van der Waals surface area (Å²) >= 11 is 0. The average molecular weight is 328 g/mol. The molecule has 4 nitrogen and oxygen atoms in total. The van der Waals surface area contributed by atoms with Gasteiger partial charge in [0.05, 0.1) is 7.11 Å². The first kappa shape index (κ1) is 17.9. The molecule has 0 spiro atoms. The summed E-state index contributed by atoms with van der Waals surface area (Å²) in [6.07, 6.45) is -0.748. The van der Waals surface area contributed by atoms with Crippen LogP contribution in [0.3, 0.4) is 0 Å². The van der Waals surface area contributed by atoms with Crippen LogP contribution in [0.5, 0.6) is 11.5 Å². The van der Waals surface area contributed by atoms with Crippen LogP contribution in [-0.2, 0) is 16.6 Å². The van der Waals surface area contributed by atoms with Gasteiger partial charge < -0.3 is 14.6 Å². The van der Waals surface area contributed by atoms with Gasteiger partial charge in [0.1, 0.15) is 11.5 Å². The summed E-state index contributed by atoms with van der Waals surface area (Å²) in [6.45, 7) is 6.22. The van der Waals surface area contributed by atoms with Crippen molar-refractivity contribution in [3.05, 3.63) is 59.7 Å². The minimum Gasteiger partial charge on any atom is -0.496 e. The maximum atomic E-state index is 11.7.